The Kier molecular flexibility index (Phi) is 3.90. The molecule has 98 valence electrons. The number of anilines is 1. The van der Waals surface area contributed by atoms with Gasteiger partial charge in [0.25, 0.3) is 0 Å². The predicted molar refractivity (Wildman–Crippen MR) is 74.8 cm³/mol. The van der Waals surface area contributed by atoms with E-state index in [-0.39, 0.29) is 11.9 Å². The van der Waals surface area contributed by atoms with Crippen molar-refractivity contribution in [3.63, 3.8) is 0 Å². The molecule has 1 aromatic carbocycles. The summed E-state index contributed by atoms with van der Waals surface area (Å²) in [4.78, 5) is 11.8. The van der Waals surface area contributed by atoms with Crippen molar-refractivity contribution in [2.45, 2.75) is 51.6 Å². The van der Waals surface area contributed by atoms with E-state index in [0.717, 1.165) is 18.5 Å². The first kappa shape index (κ1) is 12.9. The second-order valence-electron chi connectivity index (χ2n) is 5.43. The molecule has 3 nitrogen and oxygen atoms in total. The lowest BCUT2D eigenvalue weighted by molar-refractivity contribution is -0.121. The predicted octanol–water partition coefficient (Wildman–Crippen LogP) is 2.89. The molecule has 1 aliphatic rings. The van der Waals surface area contributed by atoms with Crippen LogP contribution in [-0.4, -0.2) is 18.0 Å². The van der Waals surface area contributed by atoms with Gasteiger partial charge in [-0.1, -0.05) is 26.0 Å². The van der Waals surface area contributed by atoms with Crippen molar-refractivity contribution in [1.82, 2.24) is 5.32 Å². The van der Waals surface area contributed by atoms with E-state index in [1.54, 1.807) is 0 Å². The molecule has 1 amide bonds. The van der Waals surface area contributed by atoms with E-state index in [2.05, 4.69) is 36.6 Å². The average Bonchev–Trinajstić information content (AvgIpc) is 3.13. The van der Waals surface area contributed by atoms with Crippen LogP contribution in [0.25, 0.3) is 0 Å². The van der Waals surface area contributed by atoms with Crippen molar-refractivity contribution in [3.05, 3.63) is 29.8 Å². The maximum absolute atomic E-state index is 11.8. The molecule has 0 saturated heterocycles. The summed E-state index contributed by atoms with van der Waals surface area (Å²) in [6.07, 6.45) is 2.25. The van der Waals surface area contributed by atoms with Crippen LogP contribution >= 0.6 is 0 Å². The number of rotatable bonds is 5. The summed E-state index contributed by atoms with van der Waals surface area (Å²) < 4.78 is 0. The summed E-state index contributed by atoms with van der Waals surface area (Å²) in [6.45, 7) is 6.24. The minimum atomic E-state index is -0.187. The quantitative estimate of drug-likeness (QED) is 0.838. The minimum absolute atomic E-state index is 0.0902. The second kappa shape index (κ2) is 5.42. The maximum Gasteiger partial charge on any atom is 0.242 e. The number of nitrogens with one attached hydrogen (secondary N) is 2. The fourth-order valence-corrected chi connectivity index (χ4v) is 1.86. The van der Waals surface area contributed by atoms with Gasteiger partial charge in [0, 0.05) is 11.7 Å². The van der Waals surface area contributed by atoms with Crippen LogP contribution in [-0.2, 0) is 4.79 Å². The zero-order valence-corrected chi connectivity index (χ0v) is 11.4. The minimum Gasteiger partial charge on any atom is -0.374 e. The number of amides is 1. The van der Waals surface area contributed by atoms with Gasteiger partial charge in [0.2, 0.25) is 5.91 Å². The molecule has 1 aliphatic carbocycles. The van der Waals surface area contributed by atoms with E-state index in [4.69, 9.17) is 0 Å². The first-order valence-electron chi connectivity index (χ1n) is 6.73. The van der Waals surface area contributed by atoms with Gasteiger partial charge in [-0.05, 0) is 43.4 Å². The summed E-state index contributed by atoms with van der Waals surface area (Å²) in [5, 5.41) is 6.27. The van der Waals surface area contributed by atoms with Crippen molar-refractivity contribution >= 4 is 11.6 Å². The fourth-order valence-electron chi connectivity index (χ4n) is 1.86. The SMILES string of the molecule is CC(Nc1cccc(C(C)C)c1)C(=O)NC1CC1. The third-order valence-corrected chi connectivity index (χ3v) is 3.25. The van der Waals surface area contributed by atoms with Gasteiger partial charge < -0.3 is 10.6 Å². The molecule has 1 fully saturated rings. The van der Waals surface area contributed by atoms with Gasteiger partial charge >= 0.3 is 0 Å². The van der Waals surface area contributed by atoms with Crippen molar-refractivity contribution in [2.75, 3.05) is 5.32 Å². The molecule has 2 rings (SSSR count). The maximum atomic E-state index is 11.8. The lowest BCUT2D eigenvalue weighted by Gasteiger charge is -2.16. The zero-order valence-electron chi connectivity index (χ0n) is 11.4. The highest BCUT2D eigenvalue weighted by molar-refractivity contribution is 5.84. The molecule has 0 aromatic heterocycles. The molecule has 3 heteroatoms. The number of carbonyl (C=O) groups is 1. The van der Waals surface area contributed by atoms with Crippen molar-refractivity contribution in [1.29, 1.82) is 0 Å². The fraction of sp³-hybridized carbons (Fsp3) is 0.533. The first-order valence-corrected chi connectivity index (χ1v) is 6.73. The van der Waals surface area contributed by atoms with E-state index >= 15 is 0 Å². The van der Waals surface area contributed by atoms with Crippen molar-refractivity contribution in [2.24, 2.45) is 0 Å². The topological polar surface area (TPSA) is 41.1 Å². The van der Waals surface area contributed by atoms with E-state index in [9.17, 15) is 4.79 Å². The number of benzene rings is 1. The molecular weight excluding hydrogens is 224 g/mol. The van der Waals surface area contributed by atoms with E-state index in [1.165, 1.54) is 5.56 Å². The lowest BCUT2D eigenvalue weighted by Crippen LogP contribution is -2.38. The van der Waals surface area contributed by atoms with Crippen LogP contribution in [0.5, 0.6) is 0 Å². The average molecular weight is 246 g/mol. The van der Waals surface area contributed by atoms with Gasteiger partial charge in [0.05, 0.1) is 0 Å². The largest absolute Gasteiger partial charge is 0.374 e. The summed E-state index contributed by atoms with van der Waals surface area (Å²) in [5.41, 5.74) is 2.30. The Hall–Kier alpha value is -1.51. The van der Waals surface area contributed by atoms with Crippen molar-refractivity contribution < 1.29 is 4.79 Å². The van der Waals surface area contributed by atoms with Crippen LogP contribution in [0.3, 0.4) is 0 Å². The van der Waals surface area contributed by atoms with Crippen LogP contribution in [0, 0.1) is 0 Å². The van der Waals surface area contributed by atoms with E-state index < -0.39 is 0 Å². The molecule has 0 bridgehead atoms. The Labute approximate surface area is 109 Å². The van der Waals surface area contributed by atoms with Gasteiger partial charge in [-0.2, -0.15) is 0 Å². The third-order valence-electron chi connectivity index (χ3n) is 3.25. The highest BCUT2D eigenvalue weighted by Crippen LogP contribution is 2.20. The van der Waals surface area contributed by atoms with Gasteiger partial charge in [-0.25, -0.2) is 0 Å². The molecule has 1 atom stereocenters. The molecule has 18 heavy (non-hydrogen) atoms. The monoisotopic (exact) mass is 246 g/mol. The Balaban J connectivity index is 1.94. The Morgan fingerprint density at radius 1 is 1.28 bits per heavy atom. The smallest absolute Gasteiger partial charge is 0.242 e. The molecule has 0 aliphatic heterocycles. The van der Waals surface area contributed by atoms with E-state index in [1.807, 2.05) is 19.1 Å². The van der Waals surface area contributed by atoms with E-state index in [0.29, 0.717) is 12.0 Å². The number of hydrogen-bond donors (Lipinski definition) is 2. The molecule has 1 unspecified atom stereocenters. The molecule has 0 radical (unpaired) electrons. The lowest BCUT2D eigenvalue weighted by atomic mass is 10.0. The van der Waals surface area contributed by atoms with Gasteiger partial charge in [-0.3, -0.25) is 4.79 Å². The Morgan fingerprint density at radius 3 is 2.61 bits per heavy atom. The summed E-state index contributed by atoms with van der Waals surface area (Å²) in [6, 6.07) is 8.50. The zero-order chi connectivity index (χ0) is 13.1. The normalized spacial score (nSPS) is 16.4. The Bertz CT molecular complexity index is 424. The van der Waals surface area contributed by atoms with Crippen molar-refractivity contribution in [3.8, 4) is 0 Å². The third kappa shape index (κ3) is 3.49. The summed E-state index contributed by atoms with van der Waals surface area (Å²) in [5.74, 6) is 0.592. The molecule has 0 heterocycles. The number of hydrogen-bond acceptors (Lipinski definition) is 2. The van der Waals surface area contributed by atoms with Crippen LogP contribution in [0.2, 0.25) is 0 Å². The Morgan fingerprint density at radius 2 is 2.00 bits per heavy atom. The number of carbonyl (C=O) groups excluding carboxylic acids is 1. The molecule has 2 N–H and O–H groups in total. The molecule has 1 saturated carbocycles. The van der Waals surface area contributed by atoms with Crippen LogP contribution in [0.4, 0.5) is 5.69 Å². The van der Waals surface area contributed by atoms with Crippen LogP contribution < -0.4 is 10.6 Å². The molecule has 0 spiro atoms. The molecule has 1 aromatic rings. The first-order chi connectivity index (χ1) is 8.56. The van der Waals surface area contributed by atoms with Crippen LogP contribution in [0.1, 0.15) is 45.1 Å². The summed E-state index contributed by atoms with van der Waals surface area (Å²) >= 11 is 0. The highest BCUT2D eigenvalue weighted by Gasteiger charge is 2.25. The summed E-state index contributed by atoms with van der Waals surface area (Å²) in [7, 11) is 0. The van der Waals surface area contributed by atoms with Gasteiger partial charge in [-0.15, -0.1) is 0 Å². The molecular formula is C15H22N2O. The van der Waals surface area contributed by atoms with Gasteiger partial charge in [0.15, 0.2) is 0 Å². The van der Waals surface area contributed by atoms with Gasteiger partial charge in [0.1, 0.15) is 6.04 Å². The second-order valence-corrected chi connectivity index (χ2v) is 5.43. The standard InChI is InChI=1S/C15H22N2O/c1-10(2)12-5-4-6-14(9-12)16-11(3)15(18)17-13-7-8-13/h4-6,9-11,13,16H,7-8H2,1-3H3,(H,17,18). The highest BCUT2D eigenvalue weighted by atomic mass is 16.2. The van der Waals surface area contributed by atoms with Crippen LogP contribution in [0.15, 0.2) is 24.3 Å².